The molecule has 0 spiro atoms. The number of amidine groups is 1. The summed E-state index contributed by atoms with van der Waals surface area (Å²) in [7, 11) is 0. The summed E-state index contributed by atoms with van der Waals surface area (Å²) < 4.78 is 1.45. The van der Waals surface area contributed by atoms with E-state index in [4.69, 9.17) is 22.7 Å². The molecule has 1 heterocycles. The molecule has 5 nitrogen and oxygen atoms in total. The Labute approximate surface area is 89.8 Å². The normalized spacial score (nSPS) is 10.1. The summed E-state index contributed by atoms with van der Waals surface area (Å²) in [6.45, 7) is 2.36. The van der Waals surface area contributed by atoms with Crippen LogP contribution in [0.1, 0.15) is 6.92 Å². The van der Waals surface area contributed by atoms with Crippen LogP contribution in [0.2, 0.25) is 5.15 Å². The van der Waals surface area contributed by atoms with Crippen LogP contribution in [0.4, 0.5) is 0 Å². The fourth-order valence-electron chi connectivity index (χ4n) is 0.897. The van der Waals surface area contributed by atoms with Crippen molar-refractivity contribution in [3.63, 3.8) is 0 Å². The topological polar surface area (TPSA) is 86.5 Å². The molecule has 0 bridgehead atoms. The molecule has 4 N–H and O–H groups in total. The first-order valence-corrected chi connectivity index (χ1v) is 5.06. The molecule has 0 amide bonds. The molecule has 0 atom stereocenters. The molecule has 76 valence electrons. The number of aryl methyl sites for hydroxylation is 1. The molecule has 14 heavy (non-hydrogen) atoms. The van der Waals surface area contributed by atoms with Gasteiger partial charge in [-0.25, -0.2) is 4.98 Å². The molecule has 1 aromatic rings. The molecule has 0 saturated carbocycles. The maximum absolute atomic E-state index is 11.6. The van der Waals surface area contributed by atoms with E-state index in [2.05, 4.69) is 4.98 Å². The molecule has 0 aliphatic rings. The molecular weight excluding hydrogens is 224 g/mol. The summed E-state index contributed by atoms with van der Waals surface area (Å²) in [6, 6.07) is 0. The van der Waals surface area contributed by atoms with E-state index in [1.165, 1.54) is 10.8 Å². The van der Waals surface area contributed by atoms with Crippen LogP contribution in [-0.2, 0) is 6.54 Å². The van der Waals surface area contributed by atoms with E-state index < -0.39 is 0 Å². The first kappa shape index (κ1) is 11.1. The zero-order chi connectivity index (χ0) is 10.7. The van der Waals surface area contributed by atoms with Crippen LogP contribution in [0.5, 0.6) is 0 Å². The highest BCUT2D eigenvalue weighted by Crippen LogP contribution is 2.11. The van der Waals surface area contributed by atoms with Gasteiger partial charge in [0.15, 0.2) is 5.03 Å². The third-order valence-electron chi connectivity index (χ3n) is 1.47. The highest BCUT2D eigenvalue weighted by molar-refractivity contribution is 8.13. The molecular formula is C7H10ClN4OS+. The van der Waals surface area contributed by atoms with Gasteiger partial charge in [0, 0.05) is 24.5 Å². The number of aromatic nitrogens is 2. The van der Waals surface area contributed by atoms with E-state index in [-0.39, 0.29) is 20.9 Å². The van der Waals surface area contributed by atoms with Gasteiger partial charge in [-0.15, -0.1) is 0 Å². The average Bonchev–Trinajstić information content (AvgIpc) is 2.09. The van der Waals surface area contributed by atoms with Crippen LogP contribution in [0, 0.1) is 0 Å². The number of thioether (sulfide) groups is 1. The Bertz CT molecular complexity index is 417. The van der Waals surface area contributed by atoms with Crippen LogP contribution in [0.25, 0.3) is 0 Å². The zero-order valence-electron chi connectivity index (χ0n) is 7.53. The Kier molecular flexibility index (Phi) is 3.54. The summed E-state index contributed by atoms with van der Waals surface area (Å²) in [5.74, 6) is 0. The van der Waals surface area contributed by atoms with Crippen molar-refractivity contribution in [1.29, 1.82) is 0 Å². The average molecular weight is 234 g/mol. The minimum absolute atomic E-state index is 0.0690. The second-order valence-electron chi connectivity index (χ2n) is 2.46. The fourth-order valence-corrected chi connectivity index (χ4v) is 1.72. The van der Waals surface area contributed by atoms with Crippen molar-refractivity contribution in [3.05, 3.63) is 21.7 Å². The van der Waals surface area contributed by atoms with Crippen LogP contribution in [0.3, 0.4) is 0 Å². The Morgan fingerprint density at radius 3 is 3.00 bits per heavy atom. The lowest BCUT2D eigenvalue weighted by molar-refractivity contribution is -0.110. The smallest absolute Gasteiger partial charge is 0.306 e. The van der Waals surface area contributed by atoms with Crippen molar-refractivity contribution >= 4 is 28.5 Å². The number of hydrogen-bond acceptors (Lipinski definition) is 3. The Hall–Kier alpha value is -1.01. The predicted octanol–water partition coefficient (Wildman–Crippen LogP) is -0.917. The van der Waals surface area contributed by atoms with Gasteiger partial charge < -0.3 is 4.57 Å². The Morgan fingerprint density at radius 1 is 1.86 bits per heavy atom. The van der Waals surface area contributed by atoms with E-state index in [0.717, 1.165) is 11.8 Å². The number of hydrogen-bond donors (Lipinski definition) is 2. The summed E-state index contributed by atoms with van der Waals surface area (Å²) in [5, 5.41) is 5.77. The van der Waals surface area contributed by atoms with Crippen LogP contribution < -0.4 is 16.7 Å². The van der Waals surface area contributed by atoms with E-state index in [0.29, 0.717) is 6.54 Å². The quantitative estimate of drug-likeness (QED) is 0.393. The maximum atomic E-state index is 11.6. The fraction of sp³-hybridized carbons (Fsp3) is 0.286. The monoisotopic (exact) mass is 233 g/mol. The minimum Gasteiger partial charge on any atom is -0.310 e. The summed E-state index contributed by atoms with van der Waals surface area (Å²) >= 11 is 6.62. The van der Waals surface area contributed by atoms with Crippen molar-refractivity contribution in [2.45, 2.75) is 18.5 Å². The number of rotatable bonds is 2. The van der Waals surface area contributed by atoms with Gasteiger partial charge in [-0.05, 0) is 6.92 Å². The number of halogens is 1. The minimum atomic E-state index is -0.240. The second-order valence-corrected chi connectivity index (χ2v) is 3.91. The van der Waals surface area contributed by atoms with Gasteiger partial charge in [-0.3, -0.25) is 15.9 Å². The summed E-state index contributed by atoms with van der Waals surface area (Å²) in [4.78, 5) is 15.4. The van der Waals surface area contributed by atoms with Crippen molar-refractivity contribution in [1.82, 2.24) is 9.55 Å². The van der Waals surface area contributed by atoms with Gasteiger partial charge in [0.05, 0.1) is 0 Å². The molecule has 0 aliphatic heterocycles. The van der Waals surface area contributed by atoms with E-state index in [1.54, 1.807) is 0 Å². The molecule has 0 aromatic carbocycles. The predicted molar refractivity (Wildman–Crippen MR) is 56.2 cm³/mol. The molecule has 0 unspecified atom stereocenters. The van der Waals surface area contributed by atoms with Crippen LogP contribution >= 0.6 is 23.4 Å². The molecule has 1 aromatic heterocycles. The molecule has 7 heteroatoms. The summed E-state index contributed by atoms with van der Waals surface area (Å²) in [6.07, 6.45) is 1.47. The lowest BCUT2D eigenvalue weighted by Gasteiger charge is -2.03. The Morgan fingerprint density at radius 2 is 2.50 bits per heavy atom. The molecule has 0 saturated heterocycles. The van der Waals surface area contributed by atoms with Gasteiger partial charge in [-0.1, -0.05) is 11.6 Å². The first-order valence-electron chi connectivity index (χ1n) is 3.87. The van der Waals surface area contributed by atoms with Gasteiger partial charge >= 0.3 is 5.17 Å². The summed E-state index contributed by atoms with van der Waals surface area (Å²) in [5.41, 5.74) is 5.02. The van der Waals surface area contributed by atoms with Gasteiger partial charge in [0.25, 0.3) is 5.56 Å². The van der Waals surface area contributed by atoms with Crippen LogP contribution in [0.15, 0.2) is 16.0 Å². The Balaban J connectivity index is 3.22. The number of nitrogens with two attached hydrogens (primary N) is 2. The number of nitrogens with zero attached hydrogens (tertiary/aromatic N) is 2. The molecule has 0 aliphatic carbocycles. The third-order valence-corrected chi connectivity index (χ3v) is 2.35. The van der Waals surface area contributed by atoms with Crippen molar-refractivity contribution in [3.8, 4) is 0 Å². The van der Waals surface area contributed by atoms with E-state index >= 15 is 0 Å². The van der Waals surface area contributed by atoms with Gasteiger partial charge in [0.2, 0.25) is 0 Å². The van der Waals surface area contributed by atoms with Gasteiger partial charge in [-0.2, -0.15) is 0 Å². The third kappa shape index (κ3) is 2.49. The highest BCUT2D eigenvalue weighted by Gasteiger charge is 2.10. The van der Waals surface area contributed by atoms with Crippen molar-refractivity contribution in [2.24, 2.45) is 5.73 Å². The molecule has 1 rings (SSSR count). The highest BCUT2D eigenvalue weighted by atomic mass is 35.5. The van der Waals surface area contributed by atoms with Crippen molar-refractivity contribution < 1.29 is 5.41 Å². The SMILES string of the molecule is CCn1cc(Cl)nc(SC(N)=[NH2+])c1=O. The maximum Gasteiger partial charge on any atom is 0.306 e. The van der Waals surface area contributed by atoms with E-state index in [1.807, 2.05) is 6.92 Å². The zero-order valence-corrected chi connectivity index (χ0v) is 9.10. The van der Waals surface area contributed by atoms with Gasteiger partial charge in [0.1, 0.15) is 5.15 Å². The largest absolute Gasteiger partial charge is 0.310 e. The molecule has 0 radical (unpaired) electrons. The molecule has 0 fully saturated rings. The van der Waals surface area contributed by atoms with E-state index in [9.17, 15) is 4.79 Å². The lowest BCUT2D eigenvalue weighted by atomic mass is 10.6. The van der Waals surface area contributed by atoms with Crippen LogP contribution in [-0.4, -0.2) is 14.7 Å². The lowest BCUT2D eigenvalue weighted by Crippen LogP contribution is -2.43. The standard InChI is InChI=1S/C7H9ClN4OS/c1-2-12-3-4(8)11-5(6(12)13)14-7(9)10/h3H,2H2,1H3,(H3,9,10)/p+1. The second kappa shape index (κ2) is 4.47. The first-order chi connectivity index (χ1) is 6.54. The van der Waals surface area contributed by atoms with Crippen molar-refractivity contribution in [2.75, 3.05) is 0 Å².